The number of hydrogen-bond acceptors (Lipinski definition) is 1. The lowest BCUT2D eigenvalue weighted by atomic mass is 9.98. The molecule has 190 valence electrons. The summed E-state index contributed by atoms with van der Waals surface area (Å²) < 4.78 is 128. The van der Waals surface area contributed by atoms with Crippen LogP contribution in [0.5, 0.6) is 0 Å². The predicted molar refractivity (Wildman–Crippen MR) is 112 cm³/mol. The summed E-state index contributed by atoms with van der Waals surface area (Å²) in [6.07, 6.45) is 6.21. The van der Waals surface area contributed by atoms with Gasteiger partial charge in [0.2, 0.25) is 5.82 Å². The molecule has 10 heteroatoms. The zero-order valence-corrected chi connectivity index (χ0v) is 18.9. The lowest BCUT2D eigenvalue weighted by Gasteiger charge is -2.28. The van der Waals surface area contributed by atoms with Crippen molar-refractivity contribution in [2.45, 2.75) is 65.2 Å². The van der Waals surface area contributed by atoms with Gasteiger partial charge < -0.3 is 4.90 Å². The summed E-state index contributed by atoms with van der Waals surface area (Å²) in [5.41, 5.74) is -4.50. The quantitative estimate of drug-likeness (QED) is 0.122. The van der Waals surface area contributed by atoms with Crippen molar-refractivity contribution in [3.05, 3.63) is 52.4 Å². The third-order valence-electron chi connectivity index (χ3n) is 5.54. The highest BCUT2D eigenvalue weighted by atomic mass is 19.2. The van der Waals surface area contributed by atoms with Crippen LogP contribution in [0, 0.1) is 52.4 Å². The van der Waals surface area contributed by atoms with Gasteiger partial charge in [-0.25, -0.2) is 39.5 Å². The number of anilines is 1. The van der Waals surface area contributed by atoms with Crippen molar-refractivity contribution in [1.82, 2.24) is 0 Å². The van der Waals surface area contributed by atoms with Gasteiger partial charge in [-0.2, -0.15) is 0 Å². The summed E-state index contributed by atoms with van der Waals surface area (Å²) in [5.74, 6) is -21.2. The Morgan fingerprint density at radius 1 is 0.412 bits per heavy atom. The summed E-state index contributed by atoms with van der Waals surface area (Å²) >= 11 is 0. The Morgan fingerprint density at radius 2 is 0.824 bits per heavy atom. The predicted octanol–water partition coefficient (Wildman–Crippen LogP) is 8.57. The van der Waals surface area contributed by atoms with Crippen LogP contribution in [0.4, 0.5) is 45.2 Å². The molecule has 2 aromatic rings. The molecule has 0 heterocycles. The monoisotopic (exact) mass is 499 g/mol. The normalized spacial score (nSPS) is 11.4. The molecule has 0 unspecified atom stereocenters. The molecule has 0 aliphatic carbocycles. The summed E-state index contributed by atoms with van der Waals surface area (Å²) in [6, 6.07) is 0. The Kier molecular flexibility index (Phi) is 10.1. The fourth-order valence-electron chi connectivity index (χ4n) is 3.83. The second-order valence-electron chi connectivity index (χ2n) is 8.03. The maximum absolute atomic E-state index is 14.9. The van der Waals surface area contributed by atoms with Crippen LogP contribution < -0.4 is 4.90 Å². The SMILES string of the molecule is CCCCCCCCCN(CCC)c1c(F)c(F)c(F)c(F)c1-c1c(F)c(F)c(F)c(F)c1F. The van der Waals surface area contributed by atoms with E-state index in [0.717, 1.165) is 37.0 Å². The van der Waals surface area contributed by atoms with E-state index in [9.17, 15) is 39.5 Å². The number of benzene rings is 2. The Morgan fingerprint density at radius 3 is 1.32 bits per heavy atom. The maximum atomic E-state index is 14.9. The molecular weight excluding hydrogens is 473 g/mol. The van der Waals surface area contributed by atoms with E-state index < -0.39 is 69.2 Å². The Labute approximate surface area is 192 Å². The molecule has 2 aromatic carbocycles. The van der Waals surface area contributed by atoms with E-state index in [2.05, 4.69) is 6.92 Å². The Bertz CT molecular complexity index is 978. The minimum atomic E-state index is -2.52. The van der Waals surface area contributed by atoms with E-state index in [1.807, 2.05) is 0 Å². The second kappa shape index (κ2) is 12.4. The molecule has 0 spiro atoms. The van der Waals surface area contributed by atoms with Crippen molar-refractivity contribution in [3.63, 3.8) is 0 Å². The molecule has 0 bridgehead atoms. The van der Waals surface area contributed by atoms with Crippen molar-refractivity contribution in [1.29, 1.82) is 0 Å². The van der Waals surface area contributed by atoms with Crippen LogP contribution in [0.1, 0.15) is 65.2 Å². The first kappa shape index (κ1) is 27.9. The first-order chi connectivity index (χ1) is 16.1. The number of unbranched alkanes of at least 4 members (excludes halogenated alkanes) is 6. The van der Waals surface area contributed by atoms with Crippen LogP contribution in [0.2, 0.25) is 0 Å². The molecule has 0 aliphatic heterocycles. The first-order valence-corrected chi connectivity index (χ1v) is 11.2. The maximum Gasteiger partial charge on any atom is 0.200 e. The number of nitrogens with zero attached hydrogens (tertiary/aromatic N) is 1. The molecule has 0 fully saturated rings. The molecule has 0 aliphatic rings. The van der Waals surface area contributed by atoms with Crippen LogP contribution in [-0.4, -0.2) is 13.1 Å². The highest BCUT2D eigenvalue weighted by molar-refractivity contribution is 5.81. The van der Waals surface area contributed by atoms with Gasteiger partial charge in [-0.05, 0) is 12.8 Å². The average Bonchev–Trinajstić information content (AvgIpc) is 2.82. The molecule has 0 atom stereocenters. The summed E-state index contributed by atoms with van der Waals surface area (Å²) in [6.45, 7) is 3.58. The number of hydrogen-bond donors (Lipinski definition) is 0. The van der Waals surface area contributed by atoms with Gasteiger partial charge in [0.25, 0.3) is 0 Å². The van der Waals surface area contributed by atoms with Crippen LogP contribution in [-0.2, 0) is 0 Å². The third-order valence-corrected chi connectivity index (χ3v) is 5.54. The van der Waals surface area contributed by atoms with Gasteiger partial charge in [0.05, 0.1) is 16.8 Å². The van der Waals surface area contributed by atoms with E-state index >= 15 is 0 Å². The minimum Gasteiger partial charge on any atom is -0.368 e. The van der Waals surface area contributed by atoms with Crippen molar-refractivity contribution in [3.8, 4) is 11.1 Å². The number of rotatable bonds is 12. The Balaban J connectivity index is 2.60. The van der Waals surface area contributed by atoms with Gasteiger partial charge in [-0.1, -0.05) is 52.4 Å². The van der Waals surface area contributed by atoms with Crippen LogP contribution in [0.3, 0.4) is 0 Å². The molecule has 2 rings (SSSR count). The van der Waals surface area contributed by atoms with Gasteiger partial charge >= 0.3 is 0 Å². The summed E-state index contributed by atoms with van der Waals surface area (Å²) in [4.78, 5) is 1.04. The molecule has 0 radical (unpaired) electrons. The molecule has 0 saturated heterocycles. The lowest BCUT2D eigenvalue weighted by Crippen LogP contribution is -2.28. The van der Waals surface area contributed by atoms with Crippen molar-refractivity contribution in [2.24, 2.45) is 0 Å². The topological polar surface area (TPSA) is 3.24 Å². The van der Waals surface area contributed by atoms with E-state index in [4.69, 9.17) is 0 Å². The molecular formula is C24H26F9N. The van der Waals surface area contributed by atoms with E-state index in [1.165, 1.54) is 0 Å². The van der Waals surface area contributed by atoms with Crippen LogP contribution in [0.15, 0.2) is 0 Å². The second-order valence-corrected chi connectivity index (χ2v) is 8.03. The van der Waals surface area contributed by atoms with E-state index in [1.54, 1.807) is 6.92 Å². The van der Waals surface area contributed by atoms with Crippen molar-refractivity contribution < 1.29 is 39.5 Å². The Hall–Kier alpha value is -2.39. The van der Waals surface area contributed by atoms with Gasteiger partial charge in [-0.15, -0.1) is 0 Å². The van der Waals surface area contributed by atoms with Gasteiger partial charge in [0.1, 0.15) is 0 Å². The molecule has 0 N–H and O–H groups in total. The fraction of sp³-hybridized carbons (Fsp3) is 0.500. The number of halogens is 9. The zero-order chi connectivity index (χ0) is 25.6. The molecule has 0 saturated carbocycles. The summed E-state index contributed by atoms with van der Waals surface area (Å²) in [5, 5.41) is 0. The highest BCUT2D eigenvalue weighted by Crippen LogP contribution is 2.42. The third kappa shape index (κ3) is 5.63. The van der Waals surface area contributed by atoms with Gasteiger partial charge in [0, 0.05) is 13.1 Å². The molecule has 0 aromatic heterocycles. The molecule has 1 nitrogen and oxygen atoms in total. The molecule has 0 amide bonds. The highest BCUT2D eigenvalue weighted by Gasteiger charge is 2.35. The molecule has 34 heavy (non-hydrogen) atoms. The van der Waals surface area contributed by atoms with E-state index in [0.29, 0.717) is 12.8 Å². The van der Waals surface area contributed by atoms with E-state index in [-0.39, 0.29) is 19.5 Å². The van der Waals surface area contributed by atoms with Crippen LogP contribution >= 0.6 is 0 Å². The zero-order valence-electron chi connectivity index (χ0n) is 18.9. The standard InChI is InChI=1S/C24H26F9N/c1-3-5-6-7-8-9-10-12-34(11-4-2)24-14(17(27)20(30)22(32)23(24)33)13-15(25)18(28)21(31)19(29)16(13)26/h3-12H2,1-2H3. The van der Waals surface area contributed by atoms with Gasteiger partial charge in [-0.3, -0.25) is 0 Å². The first-order valence-electron chi connectivity index (χ1n) is 11.2. The largest absolute Gasteiger partial charge is 0.368 e. The minimum absolute atomic E-state index is 0.0363. The lowest BCUT2D eigenvalue weighted by molar-refractivity contribution is 0.379. The van der Waals surface area contributed by atoms with Crippen molar-refractivity contribution >= 4 is 5.69 Å². The fourth-order valence-corrected chi connectivity index (χ4v) is 3.83. The average molecular weight is 499 g/mol. The van der Waals surface area contributed by atoms with Crippen molar-refractivity contribution in [2.75, 3.05) is 18.0 Å². The smallest absolute Gasteiger partial charge is 0.200 e. The summed E-state index contributed by atoms with van der Waals surface area (Å²) in [7, 11) is 0. The van der Waals surface area contributed by atoms with Gasteiger partial charge in [0.15, 0.2) is 46.5 Å². The van der Waals surface area contributed by atoms with Crippen LogP contribution in [0.25, 0.3) is 11.1 Å².